The van der Waals surface area contributed by atoms with Crippen LogP contribution in [0.5, 0.6) is 0 Å². The molecule has 16 heavy (non-hydrogen) atoms. The quantitative estimate of drug-likeness (QED) is 0.554. The summed E-state index contributed by atoms with van der Waals surface area (Å²) in [6.45, 7) is 3.70. The number of rotatable bonds is 1. The van der Waals surface area contributed by atoms with E-state index < -0.39 is 0 Å². The molecule has 0 N–H and O–H groups in total. The average molecular weight is 230 g/mol. The maximum atomic E-state index is 11.3. The summed E-state index contributed by atoms with van der Waals surface area (Å²) in [6.07, 6.45) is 0.468. The molecule has 3 heteroatoms. The standard InChI is InChI=1S/C13H10O2S/c1-8-6-11(15-13(8)14)10-7-16-12-5-3-2-4-9(10)12/h2-5,7,11H,1,6H2. The number of carbonyl (C=O) groups is 1. The van der Waals surface area contributed by atoms with E-state index in [1.54, 1.807) is 11.3 Å². The smallest absolute Gasteiger partial charge is 0.334 e. The van der Waals surface area contributed by atoms with Gasteiger partial charge in [0.05, 0.1) is 0 Å². The Labute approximate surface area is 97.2 Å². The fourth-order valence-electron chi connectivity index (χ4n) is 1.98. The zero-order chi connectivity index (χ0) is 11.1. The molecule has 1 unspecified atom stereocenters. The molecule has 1 atom stereocenters. The van der Waals surface area contributed by atoms with E-state index in [0.29, 0.717) is 12.0 Å². The molecule has 1 aromatic heterocycles. The van der Waals surface area contributed by atoms with E-state index in [1.807, 2.05) is 12.1 Å². The molecule has 0 amide bonds. The van der Waals surface area contributed by atoms with Crippen molar-refractivity contribution < 1.29 is 9.53 Å². The minimum Gasteiger partial charge on any atom is -0.454 e. The molecule has 3 rings (SSSR count). The number of carbonyl (C=O) groups excluding carboxylic acids is 1. The Bertz CT molecular complexity index is 566. The molecule has 0 radical (unpaired) electrons. The van der Waals surface area contributed by atoms with E-state index >= 15 is 0 Å². The van der Waals surface area contributed by atoms with Crippen molar-refractivity contribution in [3.05, 3.63) is 47.4 Å². The number of ether oxygens (including phenoxy) is 1. The number of esters is 1. The SMILES string of the molecule is C=C1CC(c2csc3ccccc23)OC1=O. The summed E-state index contributed by atoms with van der Waals surface area (Å²) in [6, 6.07) is 8.16. The van der Waals surface area contributed by atoms with Gasteiger partial charge in [0.15, 0.2) is 0 Å². The monoisotopic (exact) mass is 230 g/mol. The van der Waals surface area contributed by atoms with E-state index in [9.17, 15) is 4.79 Å². The lowest BCUT2D eigenvalue weighted by molar-refractivity contribution is -0.139. The van der Waals surface area contributed by atoms with Crippen molar-refractivity contribution in [1.82, 2.24) is 0 Å². The van der Waals surface area contributed by atoms with Gasteiger partial charge in [-0.05, 0) is 16.8 Å². The van der Waals surface area contributed by atoms with Gasteiger partial charge < -0.3 is 4.74 Å². The van der Waals surface area contributed by atoms with Crippen molar-refractivity contribution in [2.75, 3.05) is 0 Å². The first-order valence-corrected chi connectivity index (χ1v) is 5.98. The van der Waals surface area contributed by atoms with E-state index in [2.05, 4.69) is 24.1 Å². The highest BCUT2D eigenvalue weighted by Crippen LogP contribution is 2.38. The molecule has 0 spiro atoms. The number of cyclic esters (lactones) is 1. The van der Waals surface area contributed by atoms with Gasteiger partial charge in [-0.2, -0.15) is 0 Å². The Balaban J connectivity index is 2.07. The fourth-order valence-corrected chi connectivity index (χ4v) is 2.99. The molecule has 1 aliphatic heterocycles. The summed E-state index contributed by atoms with van der Waals surface area (Å²) in [4.78, 5) is 11.3. The maximum absolute atomic E-state index is 11.3. The minimum atomic E-state index is -0.264. The number of fused-ring (bicyclic) bond motifs is 1. The molecule has 0 bridgehead atoms. The Hall–Kier alpha value is -1.61. The van der Waals surface area contributed by atoms with Gasteiger partial charge in [0.25, 0.3) is 0 Å². The molecule has 2 heterocycles. The van der Waals surface area contributed by atoms with Crippen molar-refractivity contribution in [3.8, 4) is 0 Å². The third kappa shape index (κ3) is 1.36. The van der Waals surface area contributed by atoms with Crippen LogP contribution in [0.3, 0.4) is 0 Å². The van der Waals surface area contributed by atoms with Gasteiger partial charge in [-0.1, -0.05) is 24.8 Å². The van der Waals surface area contributed by atoms with Crippen LogP contribution in [0.4, 0.5) is 0 Å². The third-order valence-electron chi connectivity index (χ3n) is 2.83. The molecule has 2 aromatic rings. The second-order valence-corrected chi connectivity index (χ2v) is 4.80. The van der Waals surface area contributed by atoms with Crippen LogP contribution in [0.25, 0.3) is 10.1 Å². The van der Waals surface area contributed by atoms with E-state index in [-0.39, 0.29) is 12.1 Å². The first-order valence-electron chi connectivity index (χ1n) is 5.10. The lowest BCUT2D eigenvalue weighted by atomic mass is 10.0. The maximum Gasteiger partial charge on any atom is 0.334 e. The van der Waals surface area contributed by atoms with Gasteiger partial charge in [0, 0.05) is 22.3 Å². The summed E-state index contributed by atoms with van der Waals surface area (Å²) in [5.74, 6) is -0.264. The highest BCUT2D eigenvalue weighted by atomic mass is 32.1. The molecule has 1 aromatic carbocycles. The van der Waals surface area contributed by atoms with E-state index in [4.69, 9.17) is 4.74 Å². The van der Waals surface area contributed by atoms with Crippen molar-refractivity contribution >= 4 is 27.4 Å². The zero-order valence-corrected chi connectivity index (χ0v) is 9.42. The Morgan fingerprint density at radius 3 is 2.94 bits per heavy atom. The van der Waals surface area contributed by atoms with Crippen LogP contribution in [-0.2, 0) is 9.53 Å². The number of benzene rings is 1. The zero-order valence-electron chi connectivity index (χ0n) is 8.60. The lowest BCUT2D eigenvalue weighted by Gasteiger charge is -2.06. The van der Waals surface area contributed by atoms with Gasteiger partial charge in [-0.15, -0.1) is 11.3 Å². The number of thiophene rings is 1. The summed E-state index contributed by atoms with van der Waals surface area (Å²) < 4.78 is 6.52. The largest absolute Gasteiger partial charge is 0.454 e. The van der Waals surface area contributed by atoms with Gasteiger partial charge >= 0.3 is 5.97 Å². The highest BCUT2D eigenvalue weighted by molar-refractivity contribution is 7.17. The van der Waals surface area contributed by atoms with Crippen LogP contribution in [0, 0.1) is 0 Å². The third-order valence-corrected chi connectivity index (χ3v) is 3.81. The predicted octanol–water partition coefficient (Wildman–Crippen LogP) is 3.45. The average Bonchev–Trinajstić information content (AvgIpc) is 2.83. The summed E-state index contributed by atoms with van der Waals surface area (Å²) in [5.41, 5.74) is 1.67. The first kappa shape index (κ1) is 9.60. The van der Waals surface area contributed by atoms with E-state index in [0.717, 1.165) is 5.56 Å². The predicted molar refractivity (Wildman–Crippen MR) is 64.4 cm³/mol. The van der Waals surface area contributed by atoms with Crippen LogP contribution in [0.2, 0.25) is 0 Å². The molecular weight excluding hydrogens is 220 g/mol. The topological polar surface area (TPSA) is 26.3 Å². The highest BCUT2D eigenvalue weighted by Gasteiger charge is 2.30. The molecule has 80 valence electrons. The lowest BCUT2D eigenvalue weighted by Crippen LogP contribution is -1.97. The van der Waals surface area contributed by atoms with Gasteiger partial charge in [-0.25, -0.2) is 4.79 Å². The Morgan fingerprint density at radius 2 is 2.19 bits per heavy atom. The Morgan fingerprint density at radius 1 is 1.38 bits per heavy atom. The summed E-state index contributed by atoms with van der Waals surface area (Å²) in [5, 5.41) is 3.25. The van der Waals surface area contributed by atoms with Gasteiger partial charge in [0.1, 0.15) is 6.10 Å². The second kappa shape index (κ2) is 3.46. The van der Waals surface area contributed by atoms with E-state index in [1.165, 1.54) is 10.1 Å². The second-order valence-electron chi connectivity index (χ2n) is 3.89. The molecular formula is C13H10O2S. The fraction of sp³-hybridized carbons (Fsp3) is 0.154. The molecule has 2 nitrogen and oxygen atoms in total. The molecule has 1 fully saturated rings. The van der Waals surface area contributed by atoms with Crippen LogP contribution >= 0.6 is 11.3 Å². The van der Waals surface area contributed by atoms with Crippen molar-refractivity contribution in [2.24, 2.45) is 0 Å². The van der Waals surface area contributed by atoms with Crippen LogP contribution < -0.4 is 0 Å². The van der Waals surface area contributed by atoms with Crippen molar-refractivity contribution in [3.63, 3.8) is 0 Å². The number of hydrogen-bond acceptors (Lipinski definition) is 3. The van der Waals surface area contributed by atoms with Gasteiger partial charge in [0.2, 0.25) is 0 Å². The molecule has 1 saturated heterocycles. The molecule has 0 aliphatic carbocycles. The normalized spacial score (nSPS) is 20.4. The van der Waals surface area contributed by atoms with Crippen molar-refractivity contribution in [1.29, 1.82) is 0 Å². The van der Waals surface area contributed by atoms with Crippen LogP contribution in [-0.4, -0.2) is 5.97 Å². The summed E-state index contributed by atoms with van der Waals surface area (Å²) in [7, 11) is 0. The first-order chi connectivity index (χ1) is 7.75. The minimum absolute atomic E-state index is 0.142. The van der Waals surface area contributed by atoms with Crippen LogP contribution in [0.15, 0.2) is 41.8 Å². The van der Waals surface area contributed by atoms with Gasteiger partial charge in [-0.3, -0.25) is 0 Å². The summed E-state index contributed by atoms with van der Waals surface area (Å²) >= 11 is 1.68. The Kier molecular flexibility index (Phi) is 2.07. The molecule has 0 saturated carbocycles. The number of hydrogen-bond donors (Lipinski definition) is 0. The molecule has 1 aliphatic rings. The van der Waals surface area contributed by atoms with Crippen LogP contribution in [0.1, 0.15) is 18.1 Å². The van der Waals surface area contributed by atoms with Crippen molar-refractivity contribution in [2.45, 2.75) is 12.5 Å².